The lowest BCUT2D eigenvalue weighted by Crippen LogP contribution is -2.22. The van der Waals surface area contributed by atoms with Gasteiger partial charge >= 0.3 is 0 Å². The van der Waals surface area contributed by atoms with Crippen LogP contribution in [0.2, 0.25) is 0 Å². The number of hydrogen-bond acceptors (Lipinski definition) is 5. The van der Waals surface area contributed by atoms with Gasteiger partial charge in [0.2, 0.25) is 0 Å². The largest absolute Gasteiger partial charge is 0.494 e. The van der Waals surface area contributed by atoms with Crippen molar-refractivity contribution in [3.63, 3.8) is 0 Å². The molecule has 0 aliphatic rings. The van der Waals surface area contributed by atoms with Crippen molar-refractivity contribution in [1.29, 1.82) is 0 Å². The van der Waals surface area contributed by atoms with Gasteiger partial charge < -0.3 is 15.0 Å². The molecule has 0 bridgehead atoms. The van der Waals surface area contributed by atoms with Crippen LogP contribution < -0.4 is 15.6 Å². The van der Waals surface area contributed by atoms with E-state index >= 15 is 0 Å². The van der Waals surface area contributed by atoms with E-state index in [2.05, 4.69) is 15.3 Å². The molecule has 0 unspecified atom stereocenters. The number of ether oxygens (including phenoxy) is 1. The van der Waals surface area contributed by atoms with E-state index in [0.29, 0.717) is 34.7 Å². The van der Waals surface area contributed by atoms with Gasteiger partial charge in [-0.05, 0) is 31.2 Å². The molecule has 6 nitrogen and oxygen atoms in total. The molecule has 1 aromatic carbocycles. The van der Waals surface area contributed by atoms with Gasteiger partial charge in [0, 0.05) is 10.4 Å². The number of thiophene rings is 1. The Morgan fingerprint density at radius 2 is 2.26 bits per heavy atom. The van der Waals surface area contributed by atoms with Crippen molar-refractivity contribution in [2.75, 3.05) is 6.61 Å². The van der Waals surface area contributed by atoms with Gasteiger partial charge in [0.05, 0.1) is 24.9 Å². The maximum Gasteiger partial charge on any atom is 0.259 e. The van der Waals surface area contributed by atoms with E-state index < -0.39 is 0 Å². The molecule has 2 N–H and O–H groups in total. The van der Waals surface area contributed by atoms with Gasteiger partial charge in [-0.1, -0.05) is 6.07 Å². The van der Waals surface area contributed by atoms with Crippen LogP contribution in [0.25, 0.3) is 10.2 Å². The van der Waals surface area contributed by atoms with Gasteiger partial charge in [-0.25, -0.2) is 4.98 Å². The zero-order chi connectivity index (χ0) is 16.2. The third-order valence-electron chi connectivity index (χ3n) is 3.22. The number of nitrogens with zero attached hydrogens (tertiary/aromatic N) is 1. The van der Waals surface area contributed by atoms with Crippen LogP contribution in [0.1, 0.15) is 22.2 Å². The van der Waals surface area contributed by atoms with Crippen LogP contribution in [0.3, 0.4) is 0 Å². The number of amides is 1. The molecule has 0 spiro atoms. The molecule has 1 amide bonds. The van der Waals surface area contributed by atoms with Crippen LogP contribution in [-0.2, 0) is 6.54 Å². The maximum absolute atomic E-state index is 12.2. The summed E-state index contributed by atoms with van der Waals surface area (Å²) in [5.74, 6) is 0.476. The van der Waals surface area contributed by atoms with Crippen LogP contribution in [0.4, 0.5) is 0 Å². The number of aromatic amines is 1. The van der Waals surface area contributed by atoms with E-state index in [1.807, 2.05) is 13.0 Å². The summed E-state index contributed by atoms with van der Waals surface area (Å²) in [6.45, 7) is 2.79. The first-order valence-corrected chi connectivity index (χ1v) is 7.96. The zero-order valence-electron chi connectivity index (χ0n) is 12.5. The van der Waals surface area contributed by atoms with Crippen molar-refractivity contribution in [1.82, 2.24) is 15.3 Å². The number of carbonyl (C=O) groups is 1. The van der Waals surface area contributed by atoms with Crippen LogP contribution in [0.5, 0.6) is 5.75 Å². The quantitative estimate of drug-likeness (QED) is 0.752. The van der Waals surface area contributed by atoms with Gasteiger partial charge in [-0.2, -0.15) is 0 Å². The lowest BCUT2D eigenvalue weighted by Gasteiger charge is -2.06. The highest BCUT2D eigenvalue weighted by atomic mass is 32.1. The second-order valence-electron chi connectivity index (χ2n) is 4.81. The molecule has 0 radical (unpaired) electrons. The standard InChI is InChI=1S/C16H15N3O3S/c1-2-22-11-5-3-4-10(6-11)14(20)17-8-12-7-13-15(21)18-9-19-16(13)23-12/h3-7,9H,2,8H2,1H3,(H,17,20)(H,18,19,21). The summed E-state index contributed by atoms with van der Waals surface area (Å²) < 4.78 is 5.39. The highest BCUT2D eigenvalue weighted by Crippen LogP contribution is 2.20. The molecule has 3 rings (SSSR count). The average molecular weight is 329 g/mol. The Labute approximate surface area is 136 Å². The van der Waals surface area contributed by atoms with Gasteiger partial charge in [-0.15, -0.1) is 11.3 Å². The van der Waals surface area contributed by atoms with Crippen molar-refractivity contribution in [2.45, 2.75) is 13.5 Å². The number of rotatable bonds is 5. The first-order valence-electron chi connectivity index (χ1n) is 7.14. The zero-order valence-corrected chi connectivity index (χ0v) is 13.3. The average Bonchev–Trinajstić information content (AvgIpc) is 2.98. The third kappa shape index (κ3) is 3.40. The summed E-state index contributed by atoms with van der Waals surface area (Å²) in [5.41, 5.74) is 0.362. The fourth-order valence-electron chi connectivity index (χ4n) is 2.17. The molecule has 7 heteroatoms. The minimum Gasteiger partial charge on any atom is -0.494 e. The van der Waals surface area contributed by atoms with Crippen molar-refractivity contribution >= 4 is 27.5 Å². The Morgan fingerprint density at radius 3 is 3.04 bits per heavy atom. The second-order valence-corrected chi connectivity index (χ2v) is 5.92. The highest BCUT2D eigenvalue weighted by molar-refractivity contribution is 7.18. The maximum atomic E-state index is 12.2. The smallest absolute Gasteiger partial charge is 0.259 e. The van der Waals surface area contributed by atoms with Gasteiger partial charge in [0.15, 0.2) is 0 Å². The molecule has 118 valence electrons. The van der Waals surface area contributed by atoms with E-state index in [4.69, 9.17) is 4.74 Å². The van der Waals surface area contributed by atoms with E-state index in [-0.39, 0.29) is 11.5 Å². The number of nitrogens with one attached hydrogen (secondary N) is 2. The number of H-pyrrole nitrogens is 1. The fourth-order valence-corrected chi connectivity index (χ4v) is 3.10. The first-order chi connectivity index (χ1) is 11.2. The Kier molecular flexibility index (Phi) is 4.38. The number of fused-ring (bicyclic) bond motifs is 1. The monoisotopic (exact) mass is 329 g/mol. The molecule has 23 heavy (non-hydrogen) atoms. The predicted octanol–water partition coefficient (Wildman–Crippen LogP) is 2.31. The molecule has 0 fully saturated rings. The van der Waals surface area contributed by atoms with Gasteiger partial charge in [0.1, 0.15) is 10.6 Å². The van der Waals surface area contributed by atoms with Crippen molar-refractivity contribution in [2.24, 2.45) is 0 Å². The number of carbonyl (C=O) groups excluding carboxylic acids is 1. The van der Waals surface area contributed by atoms with Gasteiger partial charge in [-0.3, -0.25) is 9.59 Å². The number of aromatic nitrogens is 2. The summed E-state index contributed by atoms with van der Waals surface area (Å²) in [5, 5.41) is 3.38. The first kappa shape index (κ1) is 15.2. The van der Waals surface area contributed by atoms with Crippen LogP contribution >= 0.6 is 11.3 Å². The Hall–Kier alpha value is -2.67. The summed E-state index contributed by atoms with van der Waals surface area (Å²) in [6, 6.07) is 8.78. The topological polar surface area (TPSA) is 84.1 Å². The van der Waals surface area contributed by atoms with Gasteiger partial charge in [0.25, 0.3) is 11.5 Å². The van der Waals surface area contributed by atoms with E-state index in [9.17, 15) is 9.59 Å². The lowest BCUT2D eigenvalue weighted by molar-refractivity contribution is 0.0951. The van der Waals surface area contributed by atoms with Crippen molar-refractivity contribution < 1.29 is 9.53 Å². The van der Waals surface area contributed by atoms with Crippen molar-refractivity contribution in [3.05, 3.63) is 57.5 Å². The number of benzene rings is 1. The molecule has 2 heterocycles. The molecule has 3 aromatic rings. The molecular weight excluding hydrogens is 314 g/mol. The predicted molar refractivity (Wildman–Crippen MR) is 89.0 cm³/mol. The molecule has 0 aliphatic carbocycles. The van der Waals surface area contributed by atoms with Crippen molar-refractivity contribution in [3.8, 4) is 5.75 Å². The molecule has 0 aliphatic heterocycles. The van der Waals surface area contributed by atoms with E-state index in [1.54, 1.807) is 24.3 Å². The third-order valence-corrected chi connectivity index (χ3v) is 4.26. The fraction of sp³-hybridized carbons (Fsp3) is 0.188. The molecule has 0 saturated carbocycles. The Bertz CT molecular complexity index is 901. The van der Waals surface area contributed by atoms with E-state index in [0.717, 1.165) is 4.88 Å². The van der Waals surface area contributed by atoms with Crippen LogP contribution in [0.15, 0.2) is 41.5 Å². The van der Waals surface area contributed by atoms with Crippen LogP contribution in [-0.4, -0.2) is 22.5 Å². The molecule has 2 aromatic heterocycles. The van der Waals surface area contributed by atoms with Crippen LogP contribution in [0, 0.1) is 0 Å². The van der Waals surface area contributed by atoms with E-state index in [1.165, 1.54) is 17.7 Å². The highest BCUT2D eigenvalue weighted by Gasteiger charge is 2.09. The summed E-state index contributed by atoms with van der Waals surface area (Å²) >= 11 is 1.39. The summed E-state index contributed by atoms with van der Waals surface area (Å²) in [6.07, 6.45) is 1.38. The Balaban J connectivity index is 1.71. The summed E-state index contributed by atoms with van der Waals surface area (Å²) in [4.78, 5) is 32.1. The lowest BCUT2D eigenvalue weighted by atomic mass is 10.2. The SMILES string of the molecule is CCOc1cccc(C(=O)NCc2cc3c(=O)[nH]cnc3s2)c1. The normalized spacial score (nSPS) is 10.7. The minimum absolute atomic E-state index is 0.173. The second kappa shape index (κ2) is 6.62. The molecule has 0 atom stereocenters. The summed E-state index contributed by atoms with van der Waals surface area (Å²) in [7, 11) is 0. The number of hydrogen-bond donors (Lipinski definition) is 2. The Morgan fingerprint density at radius 1 is 1.39 bits per heavy atom. The minimum atomic E-state index is -0.189. The molecule has 0 saturated heterocycles. The molecular formula is C16H15N3O3S.